The first kappa shape index (κ1) is 13.4. The molecule has 0 fully saturated rings. The van der Waals surface area contributed by atoms with Crippen LogP contribution in [-0.4, -0.2) is 10.9 Å². The molecule has 3 rings (SSSR count). The summed E-state index contributed by atoms with van der Waals surface area (Å²) in [6.07, 6.45) is 0. The zero-order valence-electron chi connectivity index (χ0n) is 12.1. The van der Waals surface area contributed by atoms with Crippen LogP contribution >= 0.6 is 0 Å². The standard InChI is InChI=1S/C19H16O2/c1-12-3-10-17-15(11-12)5-4-13(2)18(17)19(21)14-6-8-16(20)9-7-14/h3-11,20H,1-2H3. The summed E-state index contributed by atoms with van der Waals surface area (Å²) in [5.74, 6) is 0.152. The Morgan fingerprint density at radius 3 is 2.33 bits per heavy atom. The molecule has 21 heavy (non-hydrogen) atoms. The van der Waals surface area contributed by atoms with Gasteiger partial charge in [-0.05, 0) is 54.4 Å². The number of hydrogen-bond acceptors (Lipinski definition) is 2. The van der Waals surface area contributed by atoms with Gasteiger partial charge in [-0.25, -0.2) is 0 Å². The largest absolute Gasteiger partial charge is 0.508 e. The number of phenolic OH excluding ortho intramolecular Hbond substituents is 1. The second kappa shape index (κ2) is 5.06. The first-order chi connectivity index (χ1) is 10.1. The Morgan fingerprint density at radius 1 is 0.905 bits per heavy atom. The Kier molecular flexibility index (Phi) is 3.22. The molecule has 1 N–H and O–H groups in total. The molecule has 3 aromatic rings. The highest BCUT2D eigenvalue weighted by atomic mass is 16.3. The SMILES string of the molecule is Cc1ccc2c(C(=O)c3ccc(O)cc3)c(C)ccc2c1. The zero-order chi connectivity index (χ0) is 15.0. The van der Waals surface area contributed by atoms with E-state index in [2.05, 4.69) is 6.07 Å². The van der Waals surface area contributed by atoms with Crippen LogP contribution in [0.1, 0.15) is 27.0 Å². The van der Waals surface area contributed by atoms with Crippen LogP contribution in [0.3, 0.4) is 0 Å². The average Bonchev–Trinajstić information content (AvgIpc) is 2.47. The van der Waals surface area contributed by atoms with Gasteiger partial charge in [0.1, 0.15) is 5.75 Å². The summed E-state index contributed by atoms with van der Waals surface area (Å²) >= 11 is 0. The van der Waals surface area contributed by atoms with E-state index in [0.717, 1.165) is 21.9 Å². The van der Waals surface area contributed by atoms with E-state index < -0.39 is 0 Å². The molecule has 0 spiro atoms. The fourth-order valence-electron chi connectivity index (χ4n) is 2.62. The maximum atomic E-state index is 12.8. The Hall–Kier alpha value is -2.61. The van der Waals surface area contributed by atoms with Crippen LogP contribution in [0.2, 0.25) is 0 Å². The maximum absolute atomic E-state index is 12.8. The van der Waals surface area contributed by atoms with E-state index in [1.807, 2.05) is 38.1 Å². The van der Waals surface area contributed by atoms with Crippen molar-refractivity contribution < 1.29 is 9.90 Å². The third-order valence-corrected chi connectivity index (χ3v) is 3.74. The van der Waals surface area contributed by atoms with Gasteiger partial charge in [-0.2, -0.15) is 0 Å². The van der Waals surface area contributed by atoms with Crippen LogP contribution < -0.4 is 0 Å². The minimum absolute atomic E-state index is 0.0121. The van der Waals surface area contributed by atoms with Gasteiger partial charge in [-0.15, -0.1) is 0 Å². The number of phenols is 1. The maximum Gasteiger partial charge on any atom is 0.193 e. The van der Waals surface area contributed by atoms with E-state index in [9.17, 15) is 9.90 Å². The summed E-state index contributed by atoms with van der Waals surface area (Å²) in [6, 6.07) is 16.5. The normalized spacial score (nSPS) is 10.8. The summed E-state index contributed by atoms with van der Waals surface area (Å²) in [7, 11) is 0. The van der Waals surface area contributed by atoms with Crippen molar-refractivity contribution in [1.29, 1.82) is 0 Å². The summed E-state index contributed by atoms with van der Waals surface area (Å²) in [4.78, 5) is 12.8. The number of rotatable bonds is 2. The quantitative estimate of drug-likeness (QED) is 0.705. The molecule has 0 amide bonds. The Balaban J connectivity index is 2.21. The van der Waals surface area contributed by atoms with Gasteiger partial charge < -0.3 is 5.11 Å². The van der Waals surface area contributed by atoms with Gasteiger partial charge in [0.15, 0.2) is 5.78 Å². The molecule has 0 aliphatic rings. The van der Waals surface area contributed by atoms with Gasteiger partial charge in [-0.1, -0.05) is 35.9 Å². The van der Waals surface area contributed by atoms with Crippen molar-refractivity contribution >= 4 is 16.6 Å². The number of fused-ring (bicyclic) bond motifs is 1. The van der Waals surface area contributed by atoms with Gasteiger partial charge in [0.25, 0.3) is 0 Å². The van der Waals surface area contributed by atoms with Crippen LogP contribution in [-0.2, 0) is 0 Å². The molecule has 0 bridgehead atoms. The molecule has 0 aromatic heterocycles. The lowest BCUT2D eigenvalue weighted by molar-refractivity contribution is 0.103. The molecular weight excluding hydrogens is 260 g/mol. The molecule has 0 saturated heterocycles. The lowest BCUT2D eigenvalue weighted by Gasteiger charge is -2.10. The van der Waals surface area contributed by atoms with Gasteiger partial charge >= 0.3 is 0 Å². The van der Waals surface area contributed by atoms with Gasteiger partial charge in [-0.3, -0.25) is 4.79 Å². The van der Waals surface area contributed by atoms with E-state index in [1.165, 1.54) is 17.7 Å². The Labute approximate surface area is 123 Å². The van der Waals surface area contributed by atoms with E-state index in [0.29, 0.717) is 5.56 Å². The highest BCUT2D eigenvalue weighted by molar-refractivity contribution is 6.17. The van der Waals surface area contributed by atoms with Gasteiger partial charge in [0, 0.05) is 11.1 Å². The number of aryl methyl sites for hydroxylation is 2. The first-order valence-corrected chi connectivity index (χ1v) is 6.90. The fraction of sp³-hybridized carbons (Fsp3) is 0.105. The predicted molar refractivity (Wildman–Crippen MR) is 85.0 cm³/mol. The molecule has 0 aliphatic carbocycles. The molecule has 2 nitrogen and oxygen atoms in total. The predicted octanol–water partition coefficient (Wildman–Crippen LogP) is 4.39. The van der Waals surface area contributed by atoms with Crippen molar-refractivity contribution in [2.45, 2.75) is 13.8 Å². The summed E-state index contributed by atoms with van der Waals surface area (Å²) in [5.41, 5.74) is 3.46. The summed E-state index contributed by atoms with van der Waals surface area (Å²) < 4.78 is 0. The van der Waals surface area contributed by atoms with Crippen molar-refractivity contribution in [2.75, 3.05) is 0 Å². The van der Waals surface area contributed by atoms with Crippen LogP contribution in [0.5, 0.6) is 5.75 Å². The van der Waals surface area contributed by atoms with Crippen LogP contribution in [0.15, 0.2) is 54.6 Å². The van der Waals surface area contributed by atoms with E-state index >= 15 is 0 Å². The molecule has 0 radical (unpaired) electrons. The van der Waals surface area contributed by atoms with Crippen LogP contribution in [0.25, 0.3) is 10.8 Å². The number of carbonyl (C=O) groups excluding carboxylic acids is 1. The number of hydrogen-bond donors (Lipinski definition) is 1. The monoisotopic (exact) mass is 276 g/mol. The van der Waals surface area contributed by atoms with Crippen molar-refractivity contribution in [1.82, 2.24) is 0 Å². The van der Waals surface area contributed by atoms with Crippen LogP contribution in [0.4, 0.5) is 0 Å². The van der Waals surface area contributed by atoms with E-state index in [1.54, 1.807) is 12.1 Å². The number of benzene rings is 3. The molecule has 2 heteroatoms. The third-order valence-electron chi connectivity index (χ3n) is 3.74. The smallest absolute Gasteiger partial charge is 0.193 e. The molecular formula is C19H16O2. The van der Waals surface area contributed by atoms with Crippen molar-refractivity contribution in [3.63, 3.8) is 0 Å². The second-order valence-electron chi connectivity index (χ2n) is 5.36. The second-order valence-corrected chi connectivity index (χ2v) is 5.36. The lowest BCUT2D eigenvalue weighted by atomic mass is 9.92. The number of ketones is 1. The Bertz CT molecular complexity index is 830. The summed E-state index contributed by atoms with van der Waals surface area (Å²) in [6.45, 7) is 3.99. The highest BCUT2D eigenvalue weighted by Gasteiger charge is 2.15. The fourth-order valence-corrected chi connectivity index (χ4v) is 2.62. The van der Waals surface area contributed by atoms with Crippen molar-refractivity contribution in [3.05, 3.63) is 76.9 Å². The topological polar surface area (TPSA) is 37.3 Å². The molecule has 3 aromatic carbocycles. The average molecular weight is 276 g/mol. The third kappa shape index (κ3) is 2.40. The molecule has 0 atom stereocenters. The van der Waals surface area contributed by atoms with Crippen molar-refractivity contribution in [3.8, 4) is 5.75 Å². The molecule has 0 aliphatic heterocycles. The lowest BCUT2D eigenvalue weighted by Crippen LogP contribution is -2.04. The first-order valence-electron chi connectivity index (χ1n) is 6.90. The molecule has 0 unspecified atom stereocenters. The van der Waals surface area contributed by atoms with E-state index in [-0.39, 0.29) is 11.5 Å². The summed E-state index contributed by atoms with van der Waals surface area (Å²) in [5, 5.41) is 11.4. The van der Waals surface area contributed by atoms with Crippen LogP contribution in [0, 0.1) is 13.8 Å². The number of aromatic hydroxyl groups is 1. The number of carbonyl (C=O) groups is 1. The molecule has 104 valence electrons. The van der Waals surface area contributed by atoms with Gasteiger partial charge in [0.05, 0.1) is 0 Å². The molecule has 0 heterocycles. The zero-order valence-corrected chi connectivity index (χ0v) is 12.1. The Morgan fingerprint density at radius 2 is 1.62 bits per heavy atom. The molecule has 0 saturated carbocycles. The van der Waals surface area contributed by atoms with Crippen molar-refractivity contribution in [2.24, 2.45) is 0 Å². The van der Waals surface area contributed by atoms with E-state index in [4.69, 9.17) is 0 Å². The minimum Gasteiger partial charge on any atom is -0.508 e. The van der Waals surface area contributed by atoms with Gasteiger partial charge in [0.2, 0.25) is 0 Å². The highest BCUT2D eigenvalue weighted by Crippen LogP contribution is 2.26. The minimum atomic E-state index is -0.0121.